The molecule has 1 N–H and O–H groups in total. The molecule has 3 nitrogen and oxygen atoms in total. The molecule has 2 aromatic rings. The number of amides is 1. The minimum atomic E-state index is -0.551. The van der Waals surface area contributed by atoms with Crippen molar-refractivity contribution in [2.45, 2.75) is 31.4 Å². The highest BCUT2D eigenvalue weighted by molar-refractivity contribution is 9.10. The van der Waals surface area contributed by atoms with Crippen molar-refractivity contribution in [2.75, 3.05) is 6.54 Å². The van der Waals surface area contributed by atoms with Gasteiger partial charge in [-0.05, 0) is 55.0 Å². The van der Waals surface area contributed by atoms with Gasteiger partial charge in [-0.25, -0.2) is 4.39 Å². The second-order valence-corrected chi connectivity index (χ2v) is 7.99. The quantitative estimate of drug-likeness (QED) is 0.702. The van der Waals surface area contributed by atoms with Crippen LogP contribution in [0.4, 0.5) is 4.39 Å². The van der Waals surface area contributed by atoms with Crippen LogP contribution in [0.25, 0.3) is 6.08 Å². The fourth-order valence-electron chi connectivity index (χ4n) is 3.12. The minimum Gasteiger partial charge on any atom is -0.387 e. The van der Waals surface area contributed by atoms with Crippen LogP contribution in [0, 0.1) is 5.82 Å². The second kappa shape index (κ2) is 8.25. The van der Waals surface area contributed by atoms with Gasteiger partial charge >= 0.3 is 0 Å². The molecule has 2 heterocycles. The molecule has 3 rings (SSSR count). The lowest BCUT2D eigenvalue weighted by atomic mass is 10.1. The van der Waals surface area contributed by atoms with E-state index in [0.717, 1.165) is 22.2 Å². The van der Waals surface area contributed by atoms with E-state index >= 15 is 0 Å². The van der Waals surface area contributed by atoms with Crippen molar-refractivity contribution in [3.8, 4) is 0 Å². The third-order valence-electron chi connectivity index (χ3n) is 4.39. The average molecular weight is 424 g/mol. The molecule has 0 radical (unpaired) electrons. The van der Waals surface area contributed by atoms with E-state index in [-0.39, 0.29) is 17.8 Å². The zero-order valence-corrected chi connectivity index (χ0v) is 16.0. The molecule has 0 aliphatic carbocycles. The number of hydrogen-bond donors (Lipinski definition) is 1. The van der Waals surface area contributed by atoms with Gasteiger partial charge in [-0.15, -0.1) is 11.3 Å². The van der Waals surface area contributed by atoms with Crippen LogP contribution in [0.15, 0.2) is 46.3 Å². The van der Waals surface area contributed by atoms with E-state index in [2.05, 4.69) is 15.9 Å². The smallest absolute Gasteiger partial charge is 0.246 e. The summed E-state index contributed by atoms with van der Waals surface area (Å²) in [5, 5.41) is 12.3. The molecule has 1 aromatic carbocycles. The van der Waals surface area contributed by atoms with Crippen molar-refractivity contribution in [3.05, 3.63) is 62.5 Å². The van der Waals surface area contributed by atoms with E-state index in [1.807, 2.05) is 17.5 Å². The van der Waals surface area contributed by atoms with Gasteiger partial charge < -0.3 is 10.0 Å². The predicted octanol–water partition coefficient (Wildman–Crippen LogP) is 4.78. The van der Waals surface area contributed by atoms with Crippen LogP contribution < -0.4 is 0 Å². The highest BCUT2D eigenvalue weighted by Crippen LogP contribution is 2.29. The first-order valence-electron chi connectivity index (χ1n) is 8.20. The number of carbonyl (C=O) groups is 1. The SMILES string of the molecule is O=C(/C=C/c1cc(Br)ccc1F)N1CCC[C@@H]1C[C@@H](O)c1cccs1. The molecule has 0 saturated carbocycles. The maximum absolute atomic E-state index is 13.8. The maximum atomic E-state index is 13.8. The standard InChI is InChI=1S/C19H19BrFNO2S/c20-14-6-7-16(21)13(11-14)5-8-19(24)22-9-1-3-15(22)12-17(23)18-4-2-10-25-18/h2,4-8,10-11,15,17,23H,1,3,9,12H2/b8-5+/t15-,17-/m1/s1. The van der Waals surface area contributed by atoms with Crippen LogP contribution in [0.1, 0.15) is 35.8 Å². The summed E-state index contributed by atoms with van der Waals surface area (Å²) >= 11 is 4.82. The molecule has 1 aliphatic heterocycles. The molecule has 0 unspecified atom stereocenters. The molecule has 6 heteroatoms. The van der Waals surface area contributed by atoms with Crippen LogP contribution in [-0.4, -0.2) is 28.5 Å². The molecule has 1 saturated heterocycles. The second-order valence-electron chi connectivity index (χ2n) is 6.09. The first kappa shape index (κ1) is 18.3. The van der Waals surface area contributed by atoms with Gasteiger partial charge in [-0.2, -0.15) is 0 Å². The maximum Gasteiger partial charge on any atom is 0.246 e. The summed E-state index contributed by atoms with van der Waals surface area (Å²) in [6.07, 6.45) is 4.71. The van der Waals surface area contributed by atoms with Crippen LogP contribution in [0.5, 0.6) is 0 Å². The number of aliphatic hydroxyl groups is 1. The lowest BCUT2D eigenvalue weighted by Gasteiger charge is -2.25. The topological polar surface area (TPSA) is 40.5 Å². The van der Waals surface area contributed by atoms with Crippen molar-refractivity contribution < 1.29 is 14.3 Å². The van der Waals surface area contributed by atoms with Gasteiger partial charge in [-0.1, -0.05) is 22.0 Å². The number of rotatable bonds is 5. The number of thiophene rings is 1. The predicted molar refractivity (Wildman–Crippen MR) is 102 cm³/mol. The third-order valence-corrected chi connectivity index (χ3v) is 5.86. The van der Waals surface area contributed by atoms with Crippen LogP contribution in [-0.2, 0) is 4.79 Å². The molecule has 1 amide bonds. The summed E-state index contributed by atoms with van der Waals surface area (Å²) in [4.78, 5) is 15.2. The normalized spacial score (nSPS) is 18.8. The van der Waals surface area contributed by atoms with E-state index in [1.54, 1.807) is 17.0 Å². The minimum absolute atomic E-state index is 0.0154. The number of aliphatic hydroxyl groups excluding tert-OH is 1. The third kappa shape index (κ3) is 4.57. The molecule has 0 bridgehead atoms. The Morgan fingerprint density at radius 3 is 3.08 bits per heavy atom. The molecule has 1 fully saturated rings. The number of carbonyl (C=O) groups excluding carboxylic acids is 1. The summed E-state index contributed by atoms with van der Waals surface area (Å²) in [6.45, 7) is 0.673. The van der Waals surface area contributed by atoms with Crippen molar-refractivity contribution in [1.82, 2.24) is 4.90 Å². The number of nitrogens with zero attached hydrogens (tertiary/aromatic N) is 1. The number of likely N-dealkylation sites (tertiary alicyclic amines) is 1. The number of halogens is 2. The Kier molecular flexibility index (Phi) is 6.04. The lowest BCUT2D eigenvalue weighted by molar-refractivity contribution is -0.127. The fraction of sp³-hybridized carbons (Fsp3) is 0.316. The van der Waals surface area contributed by atoms with E-state index in [0.29, 0.717) is 18.5 Å². The Morgan fingerprint density at radius 2 is 2.32 bits per heavy atom. The zero-order chi connectivity index (χ0) is 17.8. The monoisotopic (exact) mass is 423 g/mol. The summed E-state index contributed by atoms with van der Waals surface area (Å²) in [5.41, 5.74) is 0.372. The van der Waals surface area contributed by atoms with E-state index in [4.69, 9.17) is 0 Å². The van der Waals surface area contributed by atoms with Gasteiger partial charge in [0.05, 0.1) is 6.10 Å². The molecular formula is C19H19BrFNO2S. The molecular weight excluding hydrogens is 405 g/mol. The molecule has 25 heavy (non-hydrogen) atoms. The van der Waals surface area contributed by atoms with Gasteiger partial charge in [0.15, 0.2) is 0 Å². The van der Waals surface area contributed by atoms with E-state index < -0.39 is 6.10 Å². The molecule has 2 atom stereocenters. The molecule has 1 aliphatic rings. The van der Waals surface area contributed by atoms with Crippen LogP contribution in [0.3, 0.4) is 0 Å². The summed E-state index contributed by atoms with van der Waals surface area (Å²) in [7, 11) is 0. The largest absolute Gasteiger partial charge is 0.387 e. The zero-order valence-electron chi connectivity index (χ0n) is 13.6. The number of benzene rings is 1. The van der Waals surface area contributed by atoms with Gasteiger partial charge in [-0.3, -0.25) is 4.79 Å². The molecule has 132 valence electrons. The highest BCUT2D eigenvalue weighted by atomic mass is 79.9. The van der Waals surface area contributed by atoms with Crippen molar-refractivity contribution >= 4 is 39.2 Å². The Hall–Kier alpha value is -1.50. The lowest BCUT2D eigenvalue weighted by Crippen LogP contribution is -2.35. The Bertz CT molecular complexity index is 763. The van der Waals surface area contributed by atoms with Crippen LogP contribution >= 0.6 is 27.3 Å². The van der Waals surface area contributed by atoms with Crippen molar-refractivity contribution in [2.24, 2.45) is 0 Å². The van der Waals surface area contributed by atoms with E-state index in [9.17, 15) is 14.3 Å². The van der Waals surface area contributed by atoms with Gasteiger partial charge in [0, 0.05) is 33.6 Å². The van der Waals surface area contributed by atoms with Gasteiger partial charge in [0.25, 0.3) is 0 Å². The Labute approximate surface area is 158 Å². The van der Waals surface area contributed by atoms with Crippen molar-refractivity contribution in [3.63, 3.8) is 0 Å². The Balaban J connectivity index is 1.66. The first-order chi connectivity index (χ1) is 12.0. The Morgan fingerprint density at radius 1 is 1.48 bits per heavy atom. The fourth-order valence-corrected chi connectivity index (χ4v) is 4.23. The highest BCUT2D eigenvalue weighted by Gasteiger charge is 2.29. The number of hydrogen-bond acceptors (Lipinski definition) is 3. The summed E-state index contributed by atoms with van der Waals surface area (Å²) in [5.74, 6) is -0.501. The van der Waals surface area contributed by atoms with Crippen LogP contribution in [0.2, 0.25) is 0 Å². The van der Waals surface area contributed by atoms with Gasteiger partial charge in [0.1, 0.15) is 5.82 Å². The molecule has 1 aromatic heterocycles. The average Bonchev–Trinajstić information content (AvgIpc) is 3.27. The molecule has 0 spiro atoms. The summed E-state index contributed by atoms with van der Waals surface area (Å²) in [6, 6.07) is 8.46. The van der Waals surface area contributed by atoms with E-state index in [1.165, 1.54) is 29.6 Å². The summed E-state index contributed by atoms with van der Waals surface area (Å²) < 4.78 is 14.5. The van der Waals surface area contributed by atoms with Gasteiger partial charge in [0.2, 0.25) is 5.91 Å². The first-order valence-corrected chi connectivity index (χ1v) is 9.87. The van der Waals surface area contributed by atoms with Crippen molar-refractivity contribution in [1.29, 1.82) is 0 Å².